The number of pyridine rings is 1. The van der Waals surface area contributed by atoms with Crippen LogP contribution in [0.15, 0.2) is 77.8 Å². The maximum Gasteiger partial charge on any atom is 0.226 e. The number of morpholine rings is 1. The van der Waals surface area contributed by atoms with Crippen LogP contribution in [0.4, 0.5) is 0 Å². The fourth-order valence-corrected chi connectivity index (χ4v) is 3.82. The minimum absolute atomic E-state index is 0.128. The summed E-state index contributed by atoms with van der Waals surface area (Å²) in [6.45, 7) is 3.97. The molecular weight excluding hydrogens is 378 g/mol. The van der Waals surface area contributed by atoms with E-state index in [-0.39, 0.29) is 6.04 Å². The highest BCUT2D eigenvalue weighted by Gasteiger charge is 2.25. The van der Waals surface area contributed by atoms with Crippen LogP contribution in [0.25, 0.3) is 23.0 Å². The van der Waals surface area contributed by atoms with Crippen molar-refractivity contribution in [3.8, 4) is 23.0 Å². The van der Waals surface area contributed by atoms with Crippen molar-refractivity contribution in [2.75, 3.05) is 26.3 Å². The molecule has 1 fully saturated rings. The second-order valence-corrected chi connectivity index (χ2v) is 7.23. The molecule has 0 amide bonds. The molecular formula is C23H23N5O2. The van der Waals surface area contributed by atoms with Gasteiger partial charge in [0.2, 0.25) is 5.89 Å². The largest absolute Gasteiger partial charge is 0.444 e. The predicted octanol–water partition coefficient (Wildman–Crippen LogP) is 3.67. The van der Waals surface area contributed by atoms with Crippen molar-refractivity contribution in [2.24, 2.45) is 0 Å². The fourth-order valence-electron chi connectivity index (χ4n) is 3.82. The molecule has 1 aromatic carbocycles. The van der Waals surface area contributed by atoms with E-state index in [0.717, 1.165) is 55.6 Å². The average Bonchev–Trinajstić information content (AvgIpc) is 3.49. The lowest BCUT2D eigenvalue weighted by Gasteiger charge is -2.34. The molecule has 3 aromatic heterocycles. The summed E-state index contributed by atoms with van der Waals surface area (Å²) in [5.74, 6) is 1.38. The van der Waals surface area contributed by atoms with Crippen LogP contribution in [0.2, 0.25) is 0 Å². The number of oxazole rings is 1. The molecule has 0 aliphatic carbocycles. The summed E-state index contributed by atoms with van der Waals surface area (Å²) in [7, 11) is 0. The van der Waals surface area contributed by atoms with Gasteiger partial charge in [0, 0.05) is 43.8 Å². The Hall–Kier alpha value is -3.29. The zero-order chi connectivity index (χ0) is 20.2. The van der Waals surface area contributed by atoms with Crippen LogP contribution in [0, 0.1) is 0 Å². The van der Waals surface area contributed by atoms with Gasteiger partial charge in [0.05, 0.1) is 24.9 Å². The van der Waals surface area contributed by atoms with Gasteiger partial charge < -0.3 is 13.7 Å². The molecule has 30 heavy (non-hydrogen) atoms. The summed E-state index contributed by atoms with van der Waals surface area (Å²) >= 11 is 0. The number of rotatable bonds is 6. The summed E-state index contributed by atoms with van der Waals surface area (Å²) in [6.07, 6.45) is 7.32. The summed E-state index contributed by atoms with van der Waals surface area (Å²) in [5, 5.41) is 0. The number of imidazole rings is 1. The normalized spacial score (nSPS) is 15.9. The molecule has 4 aromatic rings. The Kier molecular flexibility index (Phi) is 5.37. The molecule has 1 saturated heterocycles. The molecule has 1 unspecified atom stereocenters. The smallest absolute Gasteiger partial charge is 0.226 e. The highest BCUT2D eigenvalue weighted by molar-refractivity contribution is 5.58. The van der Waals surface area contributed by atoms with Crippen LogP contribution < -0.4 is 0 Å². The molecule has 0 N–H and O–H groups in total. The summed E-state index contributed by atoms with van der Waals surface area (Å²) in [6, 6.07) is 16.1. The van der Waals surface area contributed by atoms with E-state index in [2.05, 4.69) is 30.5 Å². The third-order valence-electron chi connectivity index (χ3n) is 5.35. The Morgan fingerprint density at radius 2 is 1.77 bits per heavy atom. The minimum atomic E-state index is 0.128. The summed E-state index contributed by atoms with van der Waals surface area (Å²) in [4.78, 5) is 16.3. The van der Waals surface area contributed by atoms with Crippen LogP contribution in [-0.4, -0.2) is 50.7 Å². The quantitative estimate of drug-likeness (QED) is 0.491. The fraction of sp³-hybridized carbons (Fsp3) is 0.261. The first kappa shape index (κ1) is 18.7. The molecule has 1 aliphatic rings. The number of hydrogen-bond acceptors (Lipinski definition) is 6. The van der Waals surface area contributed by atoms with Gasteiger partial charge in [-0.1, -0.05) is 24.3 Å². The number of hydrogen-bond donors (Lipinski definition) is 0. The van der Waals surface area contributed by atoms with Crippen LogP contribution in [0.3, 0.4) is 0 Å². The molecule has 1 atom stereocenters. The van der Waals surface area contributed by atoms with E-state index in [1.807, 2.05) is 54.9 Å². The Balaban J connectivity index is 1.44. The lowest BCUT2D eigenvalue weighted by molar-refractivity contribution is 0.0115. The SMILES string of the molecule is c1ccc(-c2nc(-c3nccn3CC(c3ccccn3)N3CCOCC3)co2)cc1. The molecule has 0 saturated carbocycles. The van der Waals surface area contributed by atoms with Gasteiger partial charge in [-0.05, 0) is 24.3 Å². The van der Waals surface area contributed by atoms with Crippen molar-refractivity contribution < 1.29 is 9.15 Å². The maximum absolute atomic E-state index is 5.73. The molecule has 0 bridgehead atoms. The van der Waals surface area contributed by atoms with Crippen molar-refractivity contribution >= 4 is 0 Å². The van der Waals surface area contributed by atoms with E-state index in [1.54, 1.807) is 12.5 Å². The van der Waals surface area contributed by atoms with Crippen molar-refractivity contribution in [1.29, 1.82) is 0 Å². The zero-order valence-electron chi connectivity index (χ0n) is 16.6. The van der Waals surface area contributed by atoms with Crippen molar-refractivity contribution in [3.05, 3.63) is 79.1 Å². The molecule has 7 nitrogen and oxygen atoms in total. The number of benzene rings is 1. The van der Waals surface area contributed by atoms with Crippen LogP contribution in [0.5, 0.6) is 0 Å². The second-order valence-electron chi connectivity index (χ2n) is 7.23. The third-order valence-corrected chi connectivity index (χ3v) is 5.35. The van der Waals surface area contributed by atoms with Gasteiger partial charge in [0.25, 0.3) is 0 Å². The molecule has 0 radical (unpaired) electrons. The van der Waals surface area contributed by atoms with Gasteiger partial charge in [-0.25, -0.2) is 9.97 Å². The minimum Gasteiger partial charge on any atom is -0.444 e. The highest BCUT2D eigenvalue weighted by atomic mass is 16.5. The highest BCUT2D eigenvalue weighted by Crippen LogP contribution is 2.27. The molecule has 7 heteroatoms. The lowest BCUT2D eigenvalue weighted by Crippen LogP contribution is -2.41. The maximum atomic E-state index is 5.73. The Morgan fingerprint density at radius 3 is 2.57 bits per heavy atom. The van der Waals surface area contributed by atoms with Gasteiger partial charge in [-0.3, -0.25) is 9.88 Å². The van der Waals surface area contributed by atoms with Gasteiger partial charge in [-0.15, -0.1) is 0 Å². The Labute approximate surface area is 175 Å². The van der Waals surface area contributed by atoms with E-state index in [9.17, 15) is 0 Å². The van der Waals surface area contributed by atoms with Gasteiger partial charge >= 0.3 is 0 Å². The molecule has 0 spiro atoms. The predicted molar refractivity (Wildman–Crippen MR) is 113 cm³/mol. The standard InChI is InChI=1S/C23H23N5O2/c1-2-6-18(7-3-1)23-26-20(17-30-23)22-25-10-11-28(22)16-21(19-8-4-5-9-24-19)27-12-14-29-15-13-27/h1-11,17,21H,12-16H2. The first-order valence-electron chi connectivity index (χ1n) is 10.1. The van der Waals surface area contributed by atoms with Crippen molar-refractivity contribution in [2.45, 2.75) is 12.6 Å². The van der Waals surface area contributed by atoms with E-state index in [1.165, 1.54) is 0 Å². The molecule has 152 valence electrons. The second kappa shape index (κ2) is 8.61. The van der Waals surface area contributed by atoms with E-state index in [4.69, 9.17) is 9.15 Å². The topological polar surface area (TPSA) is 69.2 Å². The Bertz CT molecular complexity index is 1070. The first-order valence-corrected chi connectivity index (χ1v) is 10.1. The number of nitrogens with zero attached hydrogens (tertiary/aromatic N) is 5. The monoisotopic (exact) mass is 401 g/mol. The zero-order valence-corrected chi connectivity index (χ0v) is 16.6. The van der Waals surface area contributed by atoms with Crippen molar-refractivity contribution in [3.63, 3.8) is 0 Å². The molecule has 5 rings (SSSR count). The van der Waals surface area contributed by atoms with E-state index >= 15 is 0 Å². The van der Waals surface area contributed by atoms with Gasteiger partial charge in [0.15, 0.2) is 5.82 Å². The molecule has 1 aliphatic heterocycles. The van der Waals surface area contributed by atoms with Crippen molar-refractivity contribution in [1.82, 2.24) is 24.4 Å². The summed E-state index contributed by atoms with van der Waals surface area (Å²) in [5.41, 5.74) is 2.71. The number of aromatic nitrogens is 4. The van der Waals surface area contributed by atoms with Crippen LogP contribution >= 0.6 is 0 Å². The van der Waals surface area contributed by atoms with Crippen LogP contribution in [0.1, 0.15) is 11.7 Å². The van der Waals surface area contributed by atoms with Crippen LogP contribution in [-0.2, 0) is 11.3 Å². The average molecular weight is 401 g/mol. The molecule has 4 heterocycles. The van der Waals surface area contributed by atoms with Gasteiger partial charge in [0.1, 0.15) is 12.0 Å². The Morgan fingerprint density at radius 1 is 0.933 bits per heavy atom. The summed E-state index contributed by atoms with van der Waals surface area (Å²) < 4.78 is 13.4. The first-order chi connectivity index (χ1) is 14.9. The number of ether oxygens (including phenoxy) is 1. The van der Waals surface area contributed by atoms with Gasteiger partial charge in [-0.2, -0.15) is 0 Å². The third kappa shape index (κ3) is 3.90. The lowest BCUT2D eigenvalue weighted by atomic mass is 10.1. The van der Waals surface area contributed by atoms with E-state index in [0.29, 0.717) is 5.89 Å². The van der Waals surface area contributed by atoms with E-state index < -0.39 is 0 Å².